The van der Waals surface area contributed by atoms with E-state index in [1.807, 2.05) is 13.8 Å². The number of nitrogens with zero attached hydrogens (tertiary/aromatic N) is 3. The molecule has 26 heavy (non-hydrogen) atoms. The van der Waals surface area contributed by atoms with Crippen LogP contribution in [0.5, 0.6) is 0 Å². The van der Waals surface area contributed by atoms with Gasteiger partial charge in [-0.1, -0.05) is 12.1 Å². The molecule has 0 saturated carbocycles. The van der Waals surface area contributed by atoms with E-state index in [2.05, 4.69) is 9.71 Å². The zero-order valence-electron chi connectivity index (χ0n) is 15.0. The summed E-state index contributed by atoms with van der Waals surface area (Å²) in [6.07, 6.45) is 2.90. The first kappa shape index (κ1) is 19.0. The third-order valence-corrected chi connectivity index (χ3v) is 5.80. The zero-order chi connectivity index (χ0) is 18.9. The monoisotopic (exact) mass is 382 g/mol. The molecule has 0 aliphatic carbocycles. The van der Waals surface area contributed by atoms with Crippen LogP contribution in [0.3, 0.4) is 0 Å². The Morgan fingerprint density at radius 1 is 1.31 bits per heavy atom. The number of halogens is 1. The summed E-state index contributed by atoms with van der Waals surface area (Å²) in [5.41, 5.74) is 0.484. The lowest BCUT2D eigenvalue weighted by atomic mass is 10.1. The molecule has 7 nitrogen and oxygen atoms in total. The van der Waals surface area contributed by atoms with Crippen LogP contribution >= 0.6 is 0 Å². The molecule has 0 amide bonds. The van der Waals surface area contributed by atoms with Crippen LogP contribution in [0.25, 0.3) is 0 Å². The molecule has 2 aromatic rings. The Bertz CT molecular complexity index is 860. The fourth-order valence-electron chi connectivity index (χ4n) is 3.16. The van der Waals surface area contributed by atoms with Crippen LogP contribution in [0.2, 0.25) is 0 Å². The predicted molar refractivity (Wildman–Crippen MR) is 95.1 cm³/mol. The number of aryl methyl sites for hydroxylation is 1. The van der Waals surface area contributed by atoms with Crippen molar-refractivity contribution in [2.45, 2.75) is 32.1 Å². The Kier molecular flexibility index (Phi) is 5.42. The van der Waals surface area contributed by atoms with Gasteiger partial charge in [0.15, 0.2) is 0 Å². The molecule has 1 fully saturated rings. The van der Waals surface area contributed by atoms with Gasteiger partial charge < -0.3 is 9.30 Å². The Labute approximate surface area is 153 Å². The van der Waals surface area contributed by atoms with Gasteiger partial charge in [-0.15, -0.1) is 0 Å². The lowest BCUT2D eigenvalue weighted by molar-refractivity contribution is -0.0444. The molecular formula is C17H23FN4O3S. The van der Waals surface area contributed by atoms with Crippen molar-refractivity contribution < 1.29 is 17.5 Å². The Morgan fingerprint density at radius 2 is 2.00 bits per heavy atom. The minimum Gasteiger partial charge on any atom is -0.373 e. The molecule has 3 atom stereocenters. The molecule has 2 heterocycles. The zero-order valence-corrected chi connectivity index (χ0v) is 15.8. The molecule has 0 bridgehead atoms. The van der Waals surface area contributed by atoms with Gasteiger partial charge >= 0.3 is 0 Å². The summed E-state index contributed by atoms with van der Waals surface area (Å²) in [5.74, 6) is 0.0445. The third kappa shape index (κ3) is 4.12. The molecule has 9 heteroatoms. The molecule has 1 N–H and O–H groups in total. The first-order valence-electron chi connectivity index (χ1n) is 8.42. The summed E-state index contributed by atoms with van der Waals surface area (Å²) in [4.78, 5) is 4.25. The number of hydrogen-bond donors (Lipinski definition) is 1. The lowest BCUT2D eigenvalue weighted by Crippen LogP contribution is -2.52. The van der Waals surface area contributed by atoms with Crippen LogP contribution in [0, 0.1) is 5.82 Å². The Morgan fingerprint density at radius 3 is 2.58 bits per heavy atom. The van der Waals surface area contributed by atoms with Crippen molar-refractivity contribution in [3.63, 3.8) is 0 Å². The van der Waals surface area contributed by atoms with Crippen LogP contribution in [0.4, 0.5) is 4.39 Å². The summed E-state index contributed by atoms with van der Waals surface area (Å²) in [6, 6.07) is 5.05. The largest absolute Gasteiger partial charge is 0.373 e. The summed E-state index contributed by atoms with van der Waals surface area (Å²) in [5, 5.41) is 0. The number of ether oxygens (including phenoxy) is 1. The summed E-state index contributed by atoms with van der Waals surface area (Å²) in [6.45, 7) is 4.19. The normalized spacial score (nSPS) is 23.1. The number of hydrogen-bond acceptors (Lipinski definition) is 4. The van der Waals surface area contributed by atoms with Crippen molar-refractivity contribution in [3.05, 3.63) is 53.9 Å². The molecular weight excluding hydrogens is 359 g/mol. The number of rotatable bonds is 5. The second-order valence-corrected chi connectivity index (χ2v) is 8.28. The molecule has 0 unspecified atom stereocenters. The molecule has 1 aromatic heterocycles. The number of aromatic nitrogens is 2. The molecule has 1 aliphatic heterocycles. The minimum atomic E-state index is -3.82. The molecule has 1 aromatic carbocycles. The van der Waals surface area contributed by atoms with Crippen LogP contribution in [0.15, 0.2) is 36.7 Å². The maximum absolute atomic E-state index is 13.7. The second kappa shape index (κ2) is 7.43. The number of nitrogens with one attached hydrogen (secondary N) is 1. The van der Waals surface area contributed by atoms with Gasteiger partial charge in [0.1, 0.15) is 17.7 Å². The third-order valence-electron chi connectivity index (χ3n) is 4.29. The highest BCUT2D eigenvalue weighted by atomic mass is 32.2. The van der Waals surface area contributed by atoms with Gasteiger partial charge in [-0.05, 0) is 31.5 Å². The maximum atomic E-state index is 13.7. The molecule has 0 radical (unpaired) electrons. The average Bonchev–Trinajstić information content (AvgIpc) is 2.97. The standard InChI is InChI=1S/C17H23FN4O3S/c1-12-10-22(11-13(2)25-12)26(23,24)20-16(17-19-7-8-21(17)3)14-5-4-6-15(18)9-14/h4-9,12-13,16,20H,10-11H2,1-3H3/t12-,13-,16+/m1/s1. The quantitative estimate of drug-likeness (QED) is 0.852. The van der Waals surface area contributed by atoms with E-state index in [9.17, 15) is 12.8 Å². The fraction of sp³-hybridized carbons (Fsp3) is 0.471. The van der Waals surface area contributed by atoms with Crippen molar-refractivity contribution in [1.29, 1.82) is 0 Å². The van der Waals surface area contributed by atoms with Crippen molar-refractivity contribution in [2.24, 2.45) is 7.05 Å². The van der Waals surface area contributed by atoms with E-state index in [1.54, 1.807) is 36.1 Å². The van der Waals surface area contributed by atoms with Crippen molar-refractivity contribution in [1.82, 2.24) is 18.6 Å². The van der Waals surface area contributed by atoms with E-state index >= 15 is 0 Å². The molecule has 1 saturated heterocycles. The Balaban J connectivity index is 1.94. The van der Waals surface area contributed by atoms with Crippen LogP contribution in [-0.2, 0) is 22.0 Å². The van der Waals surface area contributed by atoms with E-state index in [-0.39, 0.29) is 25.3 Å². The highest BCUT2D eigenvalue weighted by Gasteiger charge is 2.34. The summed E-state index contributed by atoms with van der Waals surface area (Å²) < 4.78 is 51.1. The number of imidazole rings is 1. The first-order chi connectivity index (χ1) is 12.3. The minimum absolute atomic E-state index is 0.198. The Hall–Kier alpha value is -1.81. The van der Waals surface area contributed by atoms with Gasteiger partial charge in [0.25, 0.3) is 10.2 Å². The average molecular weight is 382 g/mol. The molecule has 1 aliphatic rings. The maximum Gasteiger partial charge on any atom is 0.280 e. The SMILES string of the molecule is C[C@@H]1CN(S(=O)(=O)N[C@@H](c2cccc(F)c2)c2nccn2C)C[C@@H](C)O1. The van der Waals surface area contributed by atoms with E-state index < -0.39 is 22.1 Å². The van der Waals surface area contributed by atoms with E-state index in [0.717, 1.165) is 0 Å². The van der Waals surface area contributed by atoms with Gasteiger partial charge in [0.05, 0.1) is 12.2 Å². The van der Waals surface area contributed by atoms with Crippen LogP contribution < -0.4 is 4.72 Å². The van der Waals surface area contributed by atoms with Gasteiger partial charge in [-0.25, -0.2) is 9.37 Å². The summed E-state index contributed by atoms with van der Waals surface area (Å²) in [7, 11) is -2.06. The van der Waals surface area contributed by atoms with E-state index in [1.165, 1.54) is 16.4 Å². The number of morpholine rings is 1. The second-order valence-electron chi connectivity index (χ2n) is 6.58. The highest BCUT2D eigenvalue weighted by molar-refractivity contribution is 7.87. The first-order valence-corrected chi connectivity index (χ1v) is 9.86. The van der Waals surface area contributed by atoms with Crippen molar-refractivity contribution >= 4 is 10.2 Å². The topological polar surface area (TPSA) is 76.5 Å². The molecule has 0 spiro atoms. The van der Waals surface area contributed by atoms with E-state index in [0.29, 0.717) is 11.4 Å². The molecule has 142 valence electrons. The summed E-state index contributed by atoms with van der Waals surface area (Å²) >= 11 is 0. The number of benzene rings is 1. The van der Waals surface area contributed by atoms with Gasteiger partial charge in [-0.3, -0.25) is 0 Å². The fourth-order valence-corrected chi connectivity index (χ4v) is 4.66. The predicted octanol–water partition coefficient (Wildman–Crippen LogP) is 1.59. The lowest BCUT2D eigenvalue weighted by Gasteiger charge is -2.35. The van der Waals surface area contributed by atoms with Crippen LogP contribution in [-0.4, -0.2) is 47.6 Å². The smallest absolute Gasteiger partial charge is 0.280 e. The van der Waals surface area contributed by atoms with Gasteiger partial charge in [0.2, 0.25) is 0 Å². The highest BCUT2D eigenvalue weighted by Crippen LogP contribution is 2.24. The molecule has 3 rings (SSSR count). The van der Waals surface area contributed by atoms with Gasteiger partial charge in [-0.2, -0.15) is 17.4 Å². The van der Waals surface area contributed by atoms with Gasteiger partial charge in [0, 0.05) is 32.5 Å². The van der Waals surface area contributed by atoms with Crippen molar-refractivity contribution in [2.75, 3.05) is 13.1 Å². The van der Waals surface area contributed by atoms with Crippen LogP contribution in [0.1, 0.15) is 31.3 Å². The van der Waals surface area contributed by atoms with E-state index in [4.69, 9.17) is 4.74 Å². The van der Waals surface area contributed by atoms with Crippen molar-refractivity contribution in [3.8, 4) is 0 Å².